The summed E-state index contributed by atoms with van der Waals surface area (Å²) in [6.45, 7) is 0. The molecule has 0 radical (unpaired) electrons. The van der Waals surface area contributed by atoms with E-state index in [0.717, 1.165) is 56.6 Å². The van der Waals surface area contributed by atoms with Crippen LogP contribution in [-0.2, 0) is 7.05 Å². The second-order valence-electron chi connectivity index (χ2n) is 13.1. The third-order valence-electron chi connectivity index (χ3n) is 9.89. The van der Waals surface area contributed by atoms with Crippen LogP contribution in [0.5, 0.6) is 0 Å². The molecule has 0 bridgehead atoms. The van der Waals surface area contributed by atoms with Gasteiger partial charge in [-0.2, -0.15) is 0 Å². The molecule has 0 amide bonds. The summed E-state index contributed by atoms with van der Waals surface area (Å²) in [6, 6.07) is 74.0. The molecule has 52 heavy (non-hydrogen) atoms. The highest BCUT2D eigenvalue weighted by Crippen LogP contribution is 2.54. The van der Waals surface area contributed by atoms with Crippen LogP contribution in [0.1, 0.15) is 0 Å². The van der Waals surface area contributed by atoms with Gasteiger partial charge in [0.05, 0.1) is 0 Å². The van der Waals surface area contributed by atoms with Crippen molar-refractivity contribution in [2.24, 2.45) is 7.05 Å². The standard InChI is InChI=1S/C49H37N3/c1-50-48(51(42-26-10-4-11-27-42)44-32-30-36-18-14-16-24-40(36)34-44)46(38-20-6-2-7-21-38)47(39-22-8-3-9-23-39)49(50)52(43-28-12-5-13-29-43)45-33-31-37-19-15-17-25-41(37)35-45/h2-35H,1H3. The predicted molar refractivity (Wildman–Crippen MR) is 221 cm³/mol. The highest BCUT2D eigenvalue weighted by molar-refractivity contribution is 6.05. The third kappa shape index (κ3) is 5.59. The molecule has 0 saturated heterocycles. The molecule has 0 aliphatic heterocycles. The molecule has 1 aromatic heterocycles. The monoisotopic (exact) mass is 667 g/mol. The van der Waals surface area contributed by atoms with E-state index in [2.05, 4.69) is 228 Å². The van der Waals surface area contributed by atoms with E-state index in [9.17, 15) is 0 Å². The lowest BCUT2D eigenvalue weighted by atomic mass is 9.96. The van der Waals surface area contributed by atoms with Crippen LogP contribution >= 0.6 is 0 Å². The Morgan fingerprint density at radius 3 is 1.02 bits per heavy atom. The predicted octanol–water partition coefficient (Wildman–Crippen LogP) is 13.6. The van der Waals surface area contributed by atoms with Crippen LogP contribution in [0.3, 0.4) is 0 Å². The number of anilines is 6. The fourth-order valence-corrected chi connectivity index (χ4v) is 7.51. The molecule has 3 heteroatoms. The summed E-state index contributed by atoms with van der Waals surface area (Å²) >= 11 is 0. The van der Waals surface area contributed by atoms with Crippen molar-refractivity contribution >= 4 is 55.9 Å². The Balaban J connectivity index is 1.43. The number of hydrogen-bond donors (Lipinski definition) is 0. The quantitative estimate of drug-likeness (QED) is 0.160. The van der Waals surface area contributed by atoms with Gasteiger partial charge in [0.15, 0.2) is 0 Å². The Kier molecular flexibility index (Phi) is 8.07. The second-order valence-corrected chi connectivity index (χ2v) is 13.1. The van der Waals surface area contributed by atoms with Crippen molar-refractivity contribution in [1.29, 1.82) is 0 Å². The van der Waals surface area contributed by atoms with E-state index in [1.165, 1.54) is 21.5 Å². The van der Waals surface area contributed by atoms with Crippen LogP contribution in [0.15, 0.2) is 206 Å². The summed E-state index contributed by atoms with van der Waals surface area (Å²) in [4.78, 5) is 4.85. The van der Waals surface area contributed by atoms with E-state index in [4.69, 9.17) is 0 Å². The van der Waals surface area contributed by atoms with Gasteiger partial charge >= 0.3 is 0 Å². The Hall–Kier alpha value is -6.84. The Morgan fingerprint density at radius 1 is 0.308 bits per heavy atom. The maximum Gasteiger partial charge on any atom is 0.127 e. The molecule has 0 aliphatic carbocycles. The van der Waals surface area contributed by atoms with Crippen molar-refractivity contribution in [3.63, 3.8) is 0 Å². The van der Waals surface area contributed by atoms with Gasteiger partial charge in [-0.15, -0.1) is 0 Å². The Labute approximate surface area is 304 Å². The van der Waals surface area contributed by atoms with Crippen molar-refractivity contribution in [2.45, 2.75) is 0 Å². The summed E-state index contributed by atoms with van der Waals surface area (Å²) < 4.78 is 2.40. The second kappa shape index (κ2) is 13.5. The van der Waals surface area contributed by atoms with Gasteiger partial charge in [-0.25, -0.2) is 0 Å². The first-order valence-electron chi connectivity index (χ1n) is 17.8. The summed E-state index contributed by atoms with van der Waals surface area (Å²) in [6.07, 6.45) is 0. The Bertz CT molecular complexity index is 2440. The molecule has 0 atom stereocenters. The zero-order chi connectivity index (χ0) is 34.9. The molecule has 0 N–H and O–H groups in total. The van der Waals surface area contributed by atoms with E-state index >= 15 is 0 Å². The molecule has 9 aromatic rings. The lowest BCUT2D eigenvalue weighted by Crippen LogP contribution is -2.18. The van der Waals surface area contributed by atoms with Gasteiger partial charge in [-0.1, -0.05) is 158 Å². The van der Waals surface area contributed by atoms with Gasteiger partial charge < -0.3 is 4.57 Å². The fraction of sp³-hybridized carbons (Fsp3) is 0.0204. The lowest BCUT2D eigenvalue weighted by molar-refractivity contribution is 0.902. The summed E-state index contributed by atoms with van der Waals surface area (Å²) in [5.74, 6) is 2.14. The average Bonchev–Trinajstić information content (AvgIpc) is 3.51. The minimum absolute atomic E-state index is 1.07. The van der Waals surface area contributed by atoms with Crippen LogP contribution < -0.4 is 9.80 Å². The largest absolute Gasteiger partial charge is 0.315 e. The molecule has 248 valence electrons. The van der Waals surface area contributed by atoms with Crippen molar-refractivity contribution in [3.8, 4) is 22.3 Å². The molecule has 8 aromatic carbocycles. The number of hydrogen-bond acceptors (Lipinski definition) is 2. The molecule has 0 saturated carbocycles. The first-order chi connectivity index (χ1) is 25.7. The summed E-state index contributed by atoms with van der Waals surface area (Å²) in [5.41, 5.74) is 8.94. The molecule has 0 fully saturated rings. The number of para-hydroxylation sites is 2. The molecular weight excluding hydrogens is 631 g/mol. The van der Waals surface area contributed by atoms with Gasteiger partial charge in [0.2, 0.25) is 0 Å². The number of benzene rings is 8. The van der Waals surface area contributed by atoms with Crippen LogP contribution in [-0.4, -0.2) is 4.57 Å². The maximum atomic E-state index is 2.42. The number of fused-ring (bicyclic) bond motifs is 2. The molecule has 9 rings (SSSR count). The van der Waals surface area contributed by atoms with Gasteiger partial charge in [-0.3, -0.25) is 9.80 Å². The molecule has 0 unspecified atom stereocenters. The van der Waals surface area contributed by atoms with Crippen LogP contribution in [0.2, 0.25) is 0 Å². The average molecular weight is 668 g/mol. The minimum Gasteiger partial charge on any atom is -0.315 e. The Morgan fingerprint density at radius 2 is 0.635 bits per heavy atom. The van der Waals surface area contributed by atoms with Crippen LogP contribution in [0.25, 0.3) is 43.8 Å². The van der Waals surface area contributed by atoms with E-state index in [-0.39, 0.29) is 0 Å². The molecule has 0 spiro atoms. The minimum atomic E-state index is 1.07. The van der Waals surface area contributed by atoms with Crippen molar-refractivity contribution in [3.05, 3.63) is 206 Å². The van der Waals surface area contributed by atoms with Crippen molar-refractivity contribution < 1.29 is 0 Å². The summed E-state index contributed by atoms with van der Waals surface area (Å²) in [7, 11) is 2.22. The zero-order valence-corrected chi connectivity index (χ0v) is 29.0. The van der Waals surface area contributed by atoms with E-state index in [0.29, 0.717) is 0 Å². The SMILES string of the molecule is Cn1c(N(c2ccccc2)c2ccc3ccccc3c2)c(-c2ccccc2)c(-c2ccccc2)c1N(c1ccccc1)c1ccc2ccccc2c1. The smallest absolute Gasteiger partial charge is 0.127 e. The van der Waals surface area contributed by atoms with Gasteiger partial charge in [-0.05, 0) is 81.2 Å². The van der Waals surface area contributed by atoms with Gasteiger partial charge in [0.25, 0.3) is 0 Å². The van der Waals surface area contributed by atoms with Crippen molar-refractivity contribution in [1.82, 2.24) is 4.57 Å². The summed E-state index contributed by atoms with van der Waals surface area (Å²) in [5, 5.41) is 4.82. The number of nitrogens with zero attached hydrogens (tertiary/aromatic N) is 3. The molecular formula is C49H37N3. The first-order valence-corrected chi connectivity index (χ1v) is 17.8. The van der Waals surface area contributed by atoms with Crippen LogP contribution in [0, 0.1) is 0 Å². The van der Waals surface area contributed by atoms with Crippen molar-refractivity contribution in [2.75, 3.05) is 9.80 Å². The normalized spacial score (nSPS) is 11.2. The zero-order valence-electron chi connectivity index (χ0n) is 29.0. The van der Waals surface area contributed by atoms with Gasteiger partial charge in [0, 0.05) is 40.9 Å². The number of aromatic nitrogens is 1. The lowest BCUT2D eigenvalue weighted by Gasteiger charge is -2.30. The fourth-order valence-electron chi connectivity index (χ4n) is 7.51. The third-order valence-corrected chi connectivity index (χ3v) is 9.89. The van der Waals surface area contributed by atoms with E-state index in [1.807, 2.05) is 0 Å². The van der Waals surface area contributed by atoms with Gasteiger partial charge in [0.1, 0.15) is 11.6 Å². The van der Waals surface area contributed by atoms with E-state index < -0.39 is 0 Å². The highest BCUT2D eigenvalue weighted by Gasteiger charge is 2.32. The molecule has 1 heterocycles. The number of rotatable bonds is 8. The van der Waals surface area contributed by atoms with Crippen LogP contribution in [0.4, 0.5) is 34.4 Å². The highest BCUT2D eigenvalue weighted by atomic mass is 15.3. The van der Waals surface area contributed by atoms with E-state index in [1.54, 1.807) is 0 Å². The topological polar surface area (TPSA) is 11.4 Å². The maximum absolute atomic E-state index is 2.42. The molecule has 3 nitrogen and oxygen atoms in total. The first kappa shape index (κ1) is 31.2. The molecule has 0 aliphatic rings.